The smallest absolute Gasteiger partial charge is 0.291 e. The number of benzene rings is 1. The summed E-state index contributed by atoms with van der Waals surface area (Å²) in [7, 11) is 1.85. The summed E-state index contributed by atoms with van der Waals surface area (Å²) in [5, 5.41) is 13.8. The van der Waals surface area contributed by atoms with E-state index >= 15 is 0 Å². The number of hydrogen-bond donors (Lipinski definition) is 3. The normalized spacial score (nSPS) is 11.8. The second kappa shape index (κ2) is 7.14. The second-order valence-electron chi connectivity index (χ2n) is 7.84. The van der Waals surface area contributed by atoms with Crippen LogP contribution in [0.3, 0.4) is 0 Å². The summed E-state index contributed by atoms with van der Waals surface area (Å²) in [5.41, 5.74) is 10.8. The topological polar surface area (TPSA) is 136 Å². The molecule has 11 heteroatoms. The van der Waals surface area contributed by atoms with Gasteiger partial charge in [0.05, 0.1) is 35.8 Å². The number of H-pyrrole nitrogens is 1. The summed E-state index contributed by atoms with van der Waals surface area (Å²) < 4.78 is 6.22. The average molecular weight is 458 g/mol. The van der Waals surface area contributed by atoms with E-state index in [1.165, 1.54) is 10.9 Å². The van der Waals surface area contributed by atoms with Crippen molar-refractivity contribution in [1.82, 2.24) is 33.9 Å². The molecule has 0 aliphatic heterocycles. The number of rotatable bonds is 5. The van der Waals surface area contributed by atoms with Crippen LogP contribution >= 0.6 is 11.3 Å². The quantitative estimate of drug-likeness (QED) is 0.270. The molecule has 6 rings (SSSR count). The Morgan fingerprint density at radius 2 is 2.12 bits per heavy atom. The molecule has 0 bridgehead atoms. The third-order valence-corrected chi connectivity index (χ3v) is 6.97. The maximum Gasteiger partial charge on any atom is 0.291 e. The summed E-state index contributed by atoms with van der Waals surface area (Å²) in [6, 6.07) is 7.39. The van der Waals surface area contributed by atoms with Crippen LogP contribution < -0.4 is 11.3 Å². The molecule has 0 atom stereocenters. The Kier molecular flexibility index (Phi) is 4.20. The Labute approximate surface area is 190 Å². The van der Waals surface area contributed by atoms with Gasteiger partial charge in [-0.1, -0.05) is 12.1 Å². The zero-order valence-electron chi connectivity index (χ0n) is 17.6. The predicted molar refractivity (Wildman–Crippen MR) is 129 cm³/mol. The molecule has 1 aromatic carbocycles. The molecule has 0 saturated heterocycles. The van der Waals surface area contributed by atoms with Crippen molar-refractivity contribution in [3.63, 3.8) is 0 Å². The molecular weight excluding hydrogens is 438 g/mol. The van der Waals surface area contributed by atoms with E-state index in [0.717, 1.165) is 37.5 Å². The SMILES string of the molecule is Cn1c2nc(Cn3ccc4[nH]cnc43)sc2c2cnn(Cc3cccc(N)c3C=N)c(=O)c21. The van der Waals surface area contributed by atoms with E-state index in [9.17, 15) is 4.79 Å². The van der Waals surface area contributed by atoms with Gasteiger partial charge in [-0.2, -0.15) is 5.10 Å². The van der Waals surface area contributed by atoms with Crippen molar-refractivity contribution >= 4 is 55.7 Å². The fourth-order valence-corrected chi connectivity index (χ4v) is 5.38. The van der Waals surface area contributed by atoms with Crippen molar-refractivity contribution in [2.24, 2.45) is 7.05 Å². The number of aryl methyl sites for hydroxylation is 1. The molecule has 10 nitrogen and oxygen atoms in total. The van der Waals surface area contributed by atoms with E-state index in [1.807, 2.05) is 40.6 Å². The molecule has 0 fully saturated rings. The van der Waals surface area contributed by atoms with Gasteiger partial charge in [0.1, 0.15) is 10.5 Å². The molecule has 0 saturated carbocycles. The van der Waals surface area contributed by atoms with Crippen LogP contribution in [0.15, 0.2) is 47.8 Å². The maximum atomic E-state index is 13.3. The van der Waals surface area contributed by atoms with Gasteiger partial charge < -0.3 is 25.3 Å². The lowest BCUT2D eigenvalue weighted by molar-refractivity contribution is 0.644. The number of nitrogen functional groups attached to an aromatic ring is 1. The Hall–Kier alpha value is -4.25. The minimum atomic E-state index is -0.205. The lowest BCUT2D eigenvalue weighted by Crippen LogP contribution is -2.25. The molecule has 0 amide bonds. The number of nitrogens with zero attached hydrogens (tertiary/aromatic N) is 6. The standard InChI is InChI=1S/C22H19N9OS/c1-29-18-14(8-27-31(22(18)32)9-12-3-2-4-15(24)13(12)7-23)19-21(29)28-17(33-19)10-30-6-5-16-20(30)26-11-25-16/h2-8,11,23H,9-10,24H2,1H3,(H,25,26). The van der Waals surface area contributed by atoms with Crippen LogP contribution in [0.5, 0.6) is 0 Å². The summed E-state index contributed by atoms with van der Waals surface area (Å²) in [6.07, 6.45) is 6.59. The highest BCUT2D eigenvalue weighted by Gasteiger charge is 2.19. The van der Waals surface area contributed by atoms with Gasteiger partial charge in [-0.15, -0.1) is 11.3 Å². The van der Waals surface area contributed by atoms with Crippen molar-refractivity contribution in [2.75, 3.05) is 5.73 Å². The number of imidazole rings is 1. The van der Waals surface area contributed by atoms with E-state index in [4.69, 9.17) is 16.1 Å². The van der Waals surface area contributed by atoms with Crippen LogP contribution in [0, 0.1) is 5.41 Å². The molecule has 6 aromatic rings. The van der Waals surface area contributed by atoms with E-state index in [1.54, 1.807) is 29.9 Å². The van der Waals surface area contributed by atoms with Crippen LogP contribution in [-0.2, 0) is 20.1 Å². The van der Waals surface area contributed by atoms with E-state index < -0.39 is 0 Å². The van der Waals surface area contributed by atoms with Gasteiger partial charge in [0.2, 0.25) is 0 Å². The lowest BCUT2D eigenvalue weighted by atomic mass is 10.1. The summed E-state index contributed by atoms with van der Waals surface area (Å²) in [5.74, 6) is 0. The van der Waals surface area contributed by atoms with Crippen LogP contribution in [0.1, 0.15) is 16.1 Å². The number of anilines is 1. The fraction of sp³-hybridized carbons (Fsp3) is 0.136. The minimum Gasteiger partial charge on any atom is -0.398 e. The number of thiazole rings is 1. The fourth-order valence-electron chi connectivity index (χ4n) is 4.28. The summed E-state index contributed by atoms with van der Waals surface area (Å²) in [4.78, 5) is 25.6. The van der Waals surface area contributed by atoms with Gasteiger partial charge in [0.15, 0.2) is 11.3 Å². The van der Waals surface area contributed by atoms with Gasteiger partial charge in [-0.05, 0) is 17.7 Å². The average Bonchev–Trinajstić information content (AvgIpc) is 3.55. The molecule has 0 aliphatic rings. The van der Waals surface area contributed by atoms with Crippen LogP contribution in [0.2, 0.25) is 0 Å². The highest BCUT2D eigenvalue weighted by molar-refractivity contribution is 7.19. The molecular formula is C22H19N9OS. The van der Waals surface area contributed by atoms with Gasteiger partial charge in [-0.25, -0.2) is 14.6 Å². The largest absolute Gasteiger partial charge is 0.398 e. The van der Waals surface area contributed by atoms with Gasteiger partial charge in [0.25, 0.3) is 5.56 Å². The van der Waals surface area contributed by atoms with Gasteiger partial charge >= 0.3 is 0 Å². The third kappa shape index (κ3) is 2.89. The van der Waals surface area contributed by atoms with Crippen molar-refractivity contribution in [1.29, 1.82) is 5.41 Å². The first-order valence-electron chi connectivity index (χ1n) is 10.2. The molecule has 0 unspecified atom stereocenters. The summed E-state index contributed by atoms with van der Waals surface area (Å²) >= 11 is 1.56. The molecule has 0 aliphatic carbocycles. The van der Waals surface area contributed by atoms with Crippen molar-refractivity contribution < 1.29 is 0 Å². The Morgan fingerprint density at radius 1 is 1.24 bits per heavy atom. The Bertz CT molecular complexity index is 1750. The zero-order valence-corrected chi connectivity index (χ0v) is 18.4. The number of nitrogens with one attached hydrogen (secondary N) is 2. The second-order valence-corrected chi connectivity index (χ2v) is 8.92. The zero-order chi connectivity index (χ0) is 22.7. The highest BCUT2D eigenvalue weighted by Crippen LogP contribution is 2.31. The molecule has 4 N–H and O–H groups in total. The van der Waals surface area contributed by atoms with E-state index in [-0.39, 0.29) is 12.1 Å². The molecule has 0 radical (unpaired) electrons. The maximum absolute atomic E-state index is 13.3. The molecule has 164 valence electrons. The number of aromatic nitrogens is 7. The molecule has 0 spiro atoms. The van der Waals surface area contributed by atoms with Crippen LogP contribution in [-0.4, -0.2) is 40.1 Å². The van der Waals surface area contributed by atoms with Crippen molar-refractivity contribution in [2.45, 2.75) is 13.1 Å². The first-order valence-corrected chi connectivity index (χ1v) is 11.1. The summed E-state index contributed by atoms with van der Waals surface area (Å²) in [6.45, 7) is 0.830. The van der Waals surface area contributed by atoms with E-state index in [0.29, 0.717) is 23.3 Å². The monoisotopic (exact) mass is 457 g/mol. The number of aromatic amines is 1. The third-order valence-electron chi connectivity index (χ3n) is 5.91. The Morgan fingerprint density at radius 3 is 2.97 bits per heavy atom. The first kappa shape index (κ1) is 19.4. The van der Waals surface area contributed by atoms with Crippen LogP contribution in [0.4, 0.5) is 5.69 Å². The number of nitrogens with two attached hydrogens (primary N) is 1. The predicted octanol–water partition coefficient (Wildman–Crippen LogP) is 2.70. The minimum absolute atomic E-state index is 0.205. The van der Waals surface area contributed by atoms with Crippen molar-refractivity contribution in [3.05, 3.63) is 69.5 Å². The number of hydrogen-bond acceptors (Lipinski definition) is 7. The van der Waals surface area contributed by atoms with Crippen LogP contribution in [0.25, 0.3) is 32.4 Å². The van der Waals surface area contributed by atoms with Gasteiger partial charge in [-0.3, -0.25) is 4.79 Å². The number of fused-ring (bicyclic) bond motifs is 4. The van der Waals surface area contributed by atoms with E-state index in [2.05, 4.69) is 15.1 Å². The van der Waals surface area contributed by atoms with Gasteiger partial charge in [0, 0.05) is 36.1 Å². The molecule has 33 heavy (non-hydrogen) atoms. The highest BCUT2D eigenvalue weighted by atomic mass is 32.1. The molecule has 5 aromatic heterocycles. The van der Waals surface area contributed by atoms with Crippen molar-refractivity contribution in [3.8, 4) is 0 Å². The molecule has 5 heterocycles. The lowest BCUT2D eigenvalue weighted by Gasteiger charge is -2.10. The Balaban J connectivity index is 1.42. The first-order chi connectivity index (χ1) is 16.0.